The van der Waals surface area contributed by atoms with Gasteiger partial charge in [-0.2, -0.15) is 4.31 Å². The van der Waals surface area contributed by atoms with E-state index in [-0.39, 0.29) is 17.7 Å². The highest BCUT2D eigenvalue weighted by Gasteiger charge is 2.39. The summed E-state index contributed by atoms with van der Waals surface area (Å²) in [6.45, 7) is 6.76. The van der Waals surface area contributed by atoms with Crippen molar-refractivity contribution < 1.29 is 13.2 Å². The van der Waals surface area contributed by atoms with Gasteiger partial charge in [0.15, 0.2) is 0 Å². The third-order valence-corrected chi connectivity index (χ3v) is 7.44. The molecule has 128 valence electrons. The molecule has 0 aromatic heterocycles. The Kier molecular flexibility index (Phi) is 5.88. The van der Waals surface area contributed by atoms with Gasteiger partial charge in [0.25, 0.3) is 0 Å². The van der Waals surface area contributed by atoms with Crippen molar-refractivity contribution >= 4 is 15.9 Å². The standard InChI is InChI=1S/C16H30N2O3S/c1-4-11-22(20,21)18-10-6-9-15(18)16(19)17-14-8-5-7-12(2)13(14)3/h12-15H,4-11H2,1-3H3,(H,17,19)/t12-,13-,14+,15+/m0/s1. The van der Waals surface area contributed by atoms with Crippen LogP contribution in [0.15, 0.2) is 0 Å². The van der Waals surface area contributed by atoms with E-state index in [1.807, 2.05) is 6.92 Å². The van der Waals surface area contributed by atoms with Gasteiger partial charge in [-0.25, -0.2) is 8.42 Å². The predicted octanol–water partition coefficient (Wildman–Crippen LogP) is 2.13. The second-order valence-electron chi connectivity index (χ2n) is 6.97. The molecule has 1 heterocycles. The number of nitrogens with one attached hydrogen (secondary N) is 1. The van der Waals surface area contributed by atoms with Crippen molar-refractivity contribution in [1.29, 1.82) is 0 Å². The summed E-state index contributed by atoms with van der Waals surface area (Å²) in [6, 6.07) is -0.312. The summed E-state index contributed by atoms with van der Waals surface area (Å²) in [5.74, 6) is 1.11. The molecule has 1 saturated heterocycles. The number of hydrogen-bond donors (Lipinski definition) is 1. The van der Waals surface area contributed by atoms with E-state index in [1.54, 1.807) is 0 Å². The minimum Gasteiger partial charge on any atom is -0.352 e. The Bertz CT molecular complexity index is 492. The minimum atomic E-state index is -3.30. The molecular weight excluding hydrogens is 300 g/mol. The fourth-order valence-electron chi connectivity index (χ4n) is 3.77. The van der Waals surface area contributed by atoms with Crippen molar-refractivity contribution in [2.24, 2.45) is 11.8 Å². The molecule has 1 saturated carbocycles. The Labute approximate surface area is 134 Å². The minimum absolute atomic E-state index is 0.0943. The van der Waals surface area contributed by atoms with Crippen LogP contribution in [0.2, 0.25) is 0 Å². The molecule has 0 spiro atoms. The van der Waals surface area contributed by atoms with Crippen LogP contribution in [0.1, 0.15) is 59.3 Å². The largest absolute Gasteiger partial charge is 0.352 e. The highest BCUT2D eigenvalue weighted by molar-refractivity contribution is 7.89. The molecule has 0 unspecified atom stereocenters. The summed E-state index contributed by atoms with van der Waals surface area (Å²) in [6.07, 6.45) is 5.37. The number of amides is 1. The lowest BCUT2D eigenvalue weighted by molar-refractivity contribution is -0.125. The van der Waals surface area contributed by atoms with Crippen molar-refractivity contribution in [3.8, 4) is 0 Å². The van der Waals surface area contributed by atoms with Gasteiger partial charge in [0.05, 0.1) is 5.75 Å². The van der Waals surface area contributed by atoms with Crippen molar-refractivity contribution in [3.05, 3.63) is 0 Å². The zero-order valence-electron chi connectivity index (χ0n) is 14.0. The van der Waals surface area contributed by atoms with Gasteiger partial charge in [-0.05, 0) is 37.5 Å². The molecule has 1 N–H and O–H groups in total. The van der Waals surface area contributed by atoms with Crippen LogP contribution in [-0.4, -0.2) is 43.0 Å². The molecule has 5 nitrogen and oxygen atoms in total. The Morgan fingerprint density at radius 1 is 1.18 bits per heavy atom. The lowest BCUT2D eigenvalue weighted by atomic mass is 9.78. The first-order chi connectivity index (χ1) is 10.4. The van der Waals surface area contributed by atoms with Gasteiger partial charge in [-0.15, -0.1) is 0 Å². The second-order valence-corrected chi connectivity index (χ2v) is 9.01. The number of carbonyl (C=O) groups excluding carboxylic acids is 1. The van der Waals surface area contributed by atoms with Crippen molar-refractivity contribution in [1.82, 2.24) is 9.62 Å². The molecule has 6 heteroatoms. The number of nitrogens with zero attached hydrogens (tertiary/aromatic N) is 1. The van der Waals surface area contributed by atoms with Crippen LogP contribution < -0.4 is 5.32 Å². The third kappa shape index (κ3) is 3.82. The van der Waals surface area contributed by atoms with Crippen molar-refractivity contribution in [3.63, 3.8) is 0 Å². The summed E-state index contributed by atoms with van der Waals surface area (Å²) >= 11 is 0. The predicted molar refractivity (Wildman–Crippen MR) is 87.9 cm³/mol. The normalized spacial score (nSPS) is 33.8. The molecule has 2 rings (SSSR count). The van der Waals surface area contributed by atoms with E-state index in [0.29, 0.717) is 31.2 Å². The number of sulfonamides is 1. The quantitative estimate of drug-likeness (QED) is 0.840. The molecule has 0 aromatic carbocycles. The number of hydrogen-bond acceptors (Lipinski definition) is 3. The van der Waals surface area contributed by atoms with Crippen LogP contribution in [0, 0.1) is 11.8 Å². The maximum absolute atomic E-state index is 12.6. The highest BCUT2D eigenvalue weighted by Crippen LogP contribution is 2.30. The first kappa shape index (κ1) is 17.7. The average Bonchev–Trinajstić information content (AvgIpc) is 2.94. The van der Waals surface area contributed by atoms with E-state index in [1.165, 1.54) is 10.7 Å². The Balaban J connectivity index is 2.02. The lowest BCUT2D eigenvalue weighted by Crippen LogP contribution is -2.52. The summed E-state index contributed by atoms with van der Waals surface area (Å²) < 4.78 is 26.0. The summed E-state index contributed by atoms with van der Waals surface area (Å²) in [5, 5.41) is 3.14. The van der Waals surface area contributed by atoms with Gasteiger partial charge >= 0.3 is 0 Å². The molecule has 2 aliphatic rings. The zero-order valence-corrected chi connectivity index (χ0v) is 14.9. The lowest BCUT2D eigenvalue weighted by Gasteiger charge is -2.35. The molecule has 1 aliphatic heterocycles. The maximum Gasteiger partial charge on any atom is 0.238 e. The third-order valence-electron chi connectivity index (χ3n) is 5.36. The maximum atomic E-state index is 12.6. The fraction of sp³-hybridized carbons (Fsp3) is 0.938. The zero-order chi connectivity index (χ0) is 16.3. The van der Waals surface area contributed by atoms with Gasteiger partial charge in [-0.1, -0.05) is 33.6 Å². The van der Waals surface area contributed by atoms with Gasteiger partial charge in [0, 0.05) is 12.6 Å². The van der Waals surface area contributed by atoms with Crippen LogP contribution in [0.3, 0.4) is 0 Å². The Morgan fingerprint density at radius 3 is 2.59 bits per heavy atom. The first-order valence-corrected chi connectivity index (χ1v) is 10.3. The van der Waals surface area contributed by atoms with E-state index in [0.717, 1.165) is 19.3 Å². The SMILES string of the molecule is CCCS(=O)(=O)N1CCC[C@@H]1C(=O)N[C@@H]1CCC[C@H](C)[C@@H]1C. The van der Waals surface area contributed by atoms with E-state index in [4.69, 9.17) is 0 Å². The summed E-state index contributed by atoms with van der Waals surface area (Å²) in [7, 11) is -3.30. The molecule has 0 bridgehead atoms. The second kappa shape index (κ2) is 7.30. The van der Waals surface area contributed by atoms with Crippen molar-refractivity contribution in [2.75, 3.05) is 12.3 Å². The van der Waals surface area contributed by atoms with Gasteiger partial charge < -0.3 is 5.32 Å². The Morgan fingerprint density at radius 2 is 1.91 bits per heavy atom. The van der Waals surface area contributed by atoms with E-state index in [2.05, 4.69) is 19.2 Å². The molecule has 2 fully saturated rings. The first-order valence-electron chi connectivity index (χ1n) is 8.66. The molecule has 0 radical (unpaired) electrons. The van der Waals surface area contributed by atoms with Gasteiger partial charge in [-0.3, -0.25) is 4.79 Å². The van der Waals surface area contributed by atoms with E-state index < -0.39 is 16.1 Å². The van der Waals surface area contributed by atoms with Crippen LogP contribution in [0.4, 0.5) is 0 Å². The van der Waals surface area contributed by atoms with Crippen LogP contribution in [-0.2, 0) is 14.8 Å². The molecule has 4 atom stereocenters. The number of rotatable bonds is 5. The smallest absolute Gasteiger partial charge is 0.238 e. The molecule has 0 aromatic rings. The summed E-state index contributed by atoms with van der Waals surface area (Å²) in [5.41, 5.74) is 0. The van der Waals surface area contributed by atoms with E-state index in [9.17, 15) is 13.2 Å². The van der Waals surface area contributed by atoms with Crippen LogP contribution in [0.5, 0.6) is 0 Å². The average molecular weight is 330 g/mol. The monoisotopic (exact) mass is 330 g/mol. The molecular formula is C16H30N2O3S. The van der Waals surface area contributed by atoms with Gasteiger partial charge in [0.1, 0.15) is 6.04 Å². The molecule has 1 aliphatic carbocycles. The Hall–Kier alpha value is -0.620. The molecule has 22 heavy (non-hydrogen) atoms. The van der Waals surface area contributed by atoms with Crippen LogP contribution >= 0.6 is 0 Å². The summed E-state index contributed by atoms with van der Waals surface area (Å²) in [4.78, 5) is 12.6. The number of carbonyl (C=O) groups is 1. The van der Waals surface area contributed by atoms with E-state index >= 15 is 0 Å². The van der Waals surface area contributed by atoms with Gasteiger partial charge in [0.2, 0.25) is 15.9 Å². The molecule has 1 amide bonds. The topological polar surface area (TPSA) is 66.5 Å². The van der Waals surface area contributed by atoms with Crippen molar-refractivity contribution in [2.45, 2.75) is 71.4 Å². The fourth-order valence-corrected chi connectivity index (χ4v) is 5.52. The highest BCUT2D eigenvalue weighted by atomic mass is 32.2. The van der Waals surface area contributed by atoms with Crippen LogP contribution in [0.25, 0.3) is 0 Å².